The number of amides is 1. The van der Waals surface area contributed by atoms with Gasteiger partial charge in [0.25, 0.3) is 5.91 Å². The second kappa shape index (κ2) is 7.99. The van der Waals surface area contributed by atoms with Crippen molar-refractivity contribution in [2.45, 2.75) is 25.9 Å². The van der Waals surface area contributed by atoms with Crippen molar-refractivity contribution in [1.29, 1.82) is 0 Å². The van der Waals surface area contributed by atoms with Gasteiger partial charge in [0.1, 0.15) is 24.0 Å². The van der Waals surface area contributed by atoms with Crippen LogP contribution in [0.4, 0.5) is 14.5 Å². The second-order valence-electron chi connectivity index (χ2n) is 6.16. The Hall–Kier alpha value is -3.22. The average Bonchev–Trinajstić information content (AvgIpc) is 3.10. The Balaban J connectivity index is 1.61. The fourth-order valence-corrected chi connectivity index (χ4v) is 2.93. The van der Waals surface area contributed by atoms with E-state index in [0.29, 0.717) is 41.8 Å². The summed E-state index contributed by atoms with van der Waals surface area (Å²) < 4.78 is 31.8. The smallest absolute Gasteiger partial charge is 0.332 e. The maximum Gasteiger partial charge on any atom is 0.332 e. The van der Waals surface area contributed by atoms with Gasteiger partial charge in [0.2, 0.25) is 0 Å². The number of anilines is 1. The van der Waals surface area contributed by atoms with E-state index in [4.69, 9.17) is 9.84 Å². The van der Waals surface area contributed by atoms with E-state index < -0.39 is 23.5 Å². The number of carbonyl (C=O) groups excluding carboxylic acids is 1. The molecule has 0 aliphatic heterocycles. The zero-order valence-electron chi connectivity index (χ0n) is 14.3. The minimum Gasteiger partial charge on any atom is -0.489 e. The van der Waals surface area contributed by atoms with Crippen molar-refractivity contribution in [1.82, 2.24) is 0 Å². The number of carbonyl (C=O) groups is 2. The molecule has 0 bridgehead atoms. The number of ether oxygens (including phenoxy) is 1. The van der Waals surface area contributed by atoms with Crippen molar-refractivity contribution < 1.29 is 28.2 Å². The molecule has 1 aliphatic rings. The highest BCUT2D eigenvalue weighted by Gasteiger charge is 2.25. The first kappa shape index (κ1) is 18.6. The molecule has 7 heteroatoms. The number of nitrogens with one attached hydrogen (secondary N) is 1. The van der Waals surface area contributed by atoms with E-state index in [-0.39, 0.29) is 12.2 Å². The van der Waals surface area contributed by atoms with Crippen LogP contribution in [0.2, 0.25) is 0 Å². The zero-order valence-corrected chi connectivity index (χ0v) is 14.3. The lowest BCUT2D eigenvalue weighted by Crippen LogP contribution is -2.16. The largest absolute Gasteiger partial charge is 0.489 e. The third-order valence-corrected chi connectivity index (χ3v) is 4.19. The van der Waals surface area contributed by atoms with Gasteiger partial charge >= 0.3 is 5.97 Å². The van der Waals surface area contributed by atoms with Crippen LogP contribution in [-0.2, 0) is 16.2 Å². The Morgan fingerprint density at radius 2 is 1.63 bits per heavy atom. The summed E-state index contributed by atoms with van der Waals surface area (Å²) in [7, 11) is 0. The highest BCUT2D eigenvalue weighted by Crippen LogP contribution is 2.27. The summed E-state index contributed by atoms with van der Waals surface area (Å²) in [5.41, 5.74) is 1.32. The van der Waals surface area contributed by atoms with E-state index in [0.717, 1.165) is 6.07 Å². The molecule has 3 rings (SSSR count). The van der Waals surface area contributed by atoms with Crippen molar-refractivity contribution in [2.75, 3.05) is 5.32 Å². The van der Waals surface area contributed by atoms with Gasteiger partial charge in [-0.3, -0.25) is 4.79 Å². The molecular weight excluding hydrogens is 356 g/mol. The summed E-state index contributed by atoms with van der Waals surface area (Å²) in [4.78, 5) is 23.4. The Kier molecular flexibility index (Phi) is 5.49. The van der Waals surface area contributed by atoms with Gasteiger partial charge in [0.05, 0.1) is 0 Å². The van der Waals surface area contributed by atoms with Gasteiger partial charge in [-0.25, -0.2) is 13.6 Å². The predicted octanol–water partition coefficient (Wildman–Crippen LogP) is 4.05. The number of carboxylic acids is 1. The molecule has 140 valence electrons. The topological polar surface area (TPSA) is 75.6 Å². The average molecular weight is 373 g/mol. The number of hydrogen-bond acceptors (Lipinski definition) is 3. The first-order valence-corrected chi connectivity index (χ1v) is 8.37. The summed E-state index contributed by atoms with van der Waals surface area (Å²) in [5, 5.41) is 11.8. The minimum atomic E-state index is -1.06. The van der Waals surface area contributed by atoms with Crippen molar-refractivity contribution in [3.05, 3.63) is 70.8 Å². The molecule has 0 fully saturated rings. The molecule has 5 nitrogen and oxygen atoms in total. The van der Waals surface area contributed by atoms with E-state index in [1.165, 1.54) is 12.1 Å². The van der Waals surface area contributed by atoms with Crippen LogP contribution < -0.4 is 10.1 Å². The lowest BCUT2D eigenvalue weighted by atomic mass is 10.1. The molecule has 0 atom stereocenters. The normalized spacial score (nSPS) is 13.6. The maximum absolute atomic E-state index is 13.2. The first-order chi connectivity index (χ1) is 12.9. The third-order valence-electron chi connectivity index (χ3n) is 4.19. The van der Waals surface area contributed by atoms with Crippen LogP contribution in [0, 0.1) is 11.6 Å². The van der Waals surface area contributed by atoms with Gasteiger partial charge < -0.3 is 15.2 Å². The number of rotatable bonds is 6. The highest BCUT2D eigenvalue weighted by molar-refractivity contribution is 6.09. The number of benzene rings is 2. The molecule has 0 heterocycles. The number of hydrogen-bond donors (Lipinski definition) is 2. The summed E-state index contributed by atoms with van der Waals surface area (Å²) in [6.45, 7) is -0.00472. The Morgan fingerprint density at radius 1 is 1.00 bits per heavy atom. The molecular formula is C20H17F2NO4. The quantitative estimate of drug-likeness (QED) is 0.801. The summed E-state index contributed by atoms with van der Waals surface area (Å²) in [6.07, 6.45) is 1.49. The zero-order chi connectivity index (χ0) is 19.4. The molecule has 2 aromatic carbocycles. The van der Waals surface area contributed by atoms with Gasteiger partial charge in [-0.1, -0.05) is 0 Å². The number of aliphatic carboxylic acids is 1. The molecule has 0 unspecified atom stereocenters. The fourth-order valence-electron chi connectivity index (χ4n) is 2.93. The fraction of sp³-hybridized carbons (Fsp3) is 0.200. The molecule has 0 radical (unpaired) electrons. The SMILES string of the molecule is O=C(O)C1=C(C(=O)Nc2ccc(OCc3cc(F)cc(F)c3)cc2)CCC1. The Labute approximate surface area is 154 Å². The summed E-state index contributed by atoms with van der Waals surface area (Å²) >= 11 is 0. The number of carboxylic acid groups (broad SMARTS) is 1. The van der Waals surface area contributed by atoms with Gasteiger partial charge in [0, 0.05) is 22.9 Å². The lowest BCUT2D eigenvalue weighted by molar-refractivity contribution is -0.133. The van der Waals surface area contributed by atoms with E-state index >= 15 is 0 Å². The van der Waals surface area contributed by atoms with Crippen LogP contribution >= 0.6 is 0 Å². The molecule has 1 aliphatic carbocycles. The predicted molar refractivity (Wildman–Crippen MR) is 94.3 cm³/mol. The van der Waals surface area contributed by atoms with Crippen LogP contribution in [0.5, 0.6) is 5.75 Å². The van der Waals surface area contributed by atoms with Crippen molar-refractivity contribution in [3.8, 4) is 5.75 Å². The van der Waals surface area contributed by atoms with Gasteiger partial charge in [-0.05, 0) is 61.2 Å². The van der Waals surface area contributed by atoms with Crippen LogP contribution in [0.1, 0.15) is 24.8 Å². The molecule has 0 aromatic heterocycles. The summed E-state index contributed by atoms with van der Waals surface area (Å²) in [6, 6.07) is 9.58. The Morgan fingerprint density at radius 3 is 2.26 bits per heavy atom. The molecule has 1 amide bonds. The van der Waals surface area contributed by atoms with Crippen molar-refractivity contribution in [3.63, 3.8) is 0 Å². The minimum absolute atomic E-state index is 0.00472. The van der Waals surface area contributed by atoms with Crippen molar-refractivity contribution >= 4 is 17.6 Å². The third kappa shape index (κ3) is 4.69. The molecule has 0 saturated carbocycles. The standard InChI is InChI=1S/C20H17F2NO4/c21-13-8-12(9-14(22)10-13)11-27-16-6-4-15(5-7-16)23-19(24)17-2-1-3-18(17)20(25)26/h4-10H,1-3,11H2,(H,23,24)(H,25,26). The van der Waals surface area contributed by atoms with Crippen LogP contribution in [-0.4, -0.2) is 17.0 Å². The van der Waals surface area contributed by atoms with Crippen LogP contribution in [0.15, 0.2) is 53.6 Å². The molecule has 0 saturated heterocycles. The van der Waals surface area contributed by atoms with Gasteiger partial charge in [0.15, 0.2) is 0 Å². The second-order valence-corrected chi connectivity index (χ2v) is 6.16. The van der Waals surface area contributed by atoms with Crippen molar-refractivity contribution in [2.24, 2.45) is 0 Å². The van der Waals surface area contributed by atoms with E-state index in [2.05, 4.69) is 5.32 Å². The maximum atomic E-state index is 13.2. The molecule has 27 heavy (non-hydrogen) atoms. The van der Waals surface area contributed by atoms with Crippen LogP contribution in [0.25, 0.3) is 0 Å². The van der Waals surface area contributed by atoms with E-state index in [1.54, 1.807) is 24.3 Å². The van der Waals surface area contributed by atoms with Crippen LogP contribution in [0.3, 0.4) is 0 Å². The van der Waals surface area contributed by atoms with Gasteiger partial charge in [-0.2, -0.15) is 0 Å². The molecule has 2 N–H and O–H groups in total. The highest BCUT2D eigenvalue weighted by atomic mass is 19.1. The monoisotopic (exact) mass is 373 g/mol. The first-order valence-electron chi connectivity index (χ1n) is 8.37. The molecule has 2 aromatic rings. The van der Waals surface area contributed by atoms with E-state index in [9.17, 15) is 18.4 Å². The number of halogens is 2. The molecule has 0 spiro atoms. The summed E-state index contributed by atoms with van der Waals surface area (Å²) in [5.74, 6) is -2.37. The van der Waals surface area contributed by atoms with Gasteiger partial charge in [-0.15, -0.1) is 0 Å². The lowest BCUT2D eigenvalue weighted by Gasteiger charge is -2.10. The Bertz CT molecular complexity index is 886. The van der Waals surface area contributed by atoms with E-state index in [1.807, 2.05) is 0 Å².